The normalized spacial score (nSPS) is 16.9. The Morgan fingerprint density at radius 3 is 2.57 bits per heavy atom. The lowest BCUT2D eigenvalue weighted by Crippen LogP contribution is -2.54. The molecule has 23 heavy (non-hydrogen) atoms. The number of anilines is 1. The van der Waals surface area contributed by atoms with Gasteiger partial charge in [0.25, 0.3) is 11.8 Å². The van der Waals surface area contributed by atoms with Gasteiger partial charge in [-0.1, -0.05) is 11.6 Å². The number of carbonyl (C=O) groups is 2. The van der Waals surface area contributed by atoms with Gasteiger partial charge in [0.05, 0.1) is 5.69 Å². The fraction of sp³-hybridized carbons (Fsp3) is 0. The van der Waals surface area contributed by atoms with Gasteiger partial charge in [-0.15, -0.1) is 11.3 Å². The first kappa shape index (κ1) is 16.3. The first-order valence-corrected chi connectivity index (χ1v) is 8.82. The number of nitrogens with one attached hydrogen (secondary N) is 1. The minimum atomic E-state index is -0.505. The lowest BCUT2D eigenvalue weighted by Gasteiger charge is -2.28. The molecule has 2 heterocycles. The molecule has 0 saturated carbocycles. The second-order valence-electron chi connectivity index (χ2n) is 4.60. The van der Waals surface area contributed by atoms with Crippen LogP contribution in [0.5, 0.6) is 0 Å². The van der Waals surface area contributed by atoms with E-state index in [1.165, 1.54) is 16.2 Å². The fourth-order valence-electron chi connectivity index (χ4n) is 2.03. The van der Waals surface area contributed by atoms with E-state index in [4.69, 9.17) is 23.8 Å². The minimum absolute atomic E-state index is 0.0305. The average Bonchev–Trinajstić information content (AvgIpc) is 2.91. The molecule has 1 aromatic carbocycles. The van der Waals surface area contributed by atoms with E-state index >= 15 is 0 Å². The van der Waals surface area contributed by atoms with Gasteiger partial charge < -0.3 is 0 Å². The lowest BCUT2D eigenvalue weighted by atomic mass is 10.1. The van der Waals surface area contributed by atoms with Crippen LogP contribution in [-0.4, -0.2) is 16.9 Å². The van der Waals surface area contributed by atoms with E-state index in [0.29, 0.717) is 10.7 Å². The molecule has 1 N–H and O–H groups in total. The molecule has 0 bridgehead atoms. The largest absolute Gasteiger partial charge is 0.298 e. The predicted molar refractivity (Wildman–Crippen MR) is 99.7 cm³/mol. The Bertz CT molecular complexity index is 845. The van der Waals surface area contributed by atoms with Crippen molar-refractivity contribution in [2.75, 3.05) is 4.90 Å². The number of thiocarbonyl (C=S) groups is 1. The molecule has 0 aliphatic carbocycles. The van der Waals surface area contributed by atoms with Crippen LogP contribution >= 0.6 is 51.1 Å². The molecule has 1 aromatic heterocycles. The Hall–Kier alpha value is -1.54. The van der Waals surface area contributed by atoms with E-state index in [1.807, 2.05) is 11.4 Å². The summed E-state index contributed by atoms with van der Waals surface area (Å²) >= 11 is 15.8. The zero-order chi connectivity index (χ0) is 16.6. The van der Waals surface area contributed by atoms with Crippen molar-refractivity contribution in [3.63, 3.8) is 0 Å². The van der Waals surface area contributed by atoms with Crippen molar-refractivity contribution in [3.05, 3.63) is 55.7 Å². The summed E-state index contributed by atoms with van der Waals surface area (Å²) in [5.74, 6) is -0.972. The van der Waals surface area contributed by atoms with Gasteiger partial charge in [0, 0.05) is 19.8 Å². The molecule has 1 fully saturated rings. The number of hydrogen-bond donors (Lipinski definition) is 1. The summed E-state index contributed by atoms with van der Waals surface area (Å²) in [4.78, 5) is 26.9. The molecule has 1 saturated heterocycles. The summed E-state index contributed by atoms with van der Waals surface area (Å²) in [6.07, 6.45) is 1.55. The monoisotopic (exact) mass is 426 g/mol. The van der Waals surface area contributed by atoms with Crippen molar-refractivity contribution >= 4 is 79.8 Å². The summed E-state index contributed by atoms with van der Waals surface area (Å²) in [5.41, 5.74) is 0.575. The third kappa shape index (κ3) is 3.37. The molecule has 116 valence electrons. The zero-order valence-corrected chi connectivity index (χ0v) is 15.4. The summed E-state index contributed by atoms with van der Waals surface area (Å²) in [7, 11) is 0. The van der Waals surface area contributed by atoms with Gasteiger partial charge in [0.15, 0.2) is 5.11 Å². The van der Waals surface area contributed by atoms with Crippen LogP contribution in [0.4, 0.5) is 5.69 Å². The lowest BCUT2D eigenvalue weighted by molar-refractivity contribution is -0.122. The highest BCUT2D eigenvalue weighted by atomic mass is 79.9. The number of thiophene rings is 1. The fourth-order valence-corrected chi connectivity index (χ4v) is 3.81. The van der Waals surface area contributed by atoms with Gasteiger partial charge in [-0.3, -0.25) is 19.8 Å². The summed E-state index contributed by atoms with van der Waals surface area (Å²) in [5, 5.41) is 5.01. The third-order valence-corrected chi connectivity index (χ3v) is 5.24. The maximum atomic E-state index is 12.7. The van der Waals surface area contributed by atoms with Crippen molar-refractivity contribution in [1.82, 2.24) is 5.32 Å². The molecule has 0 radical (unpaired) electrons. The quantitative estimate of drug-likeness (QED) is 0.448. The zero-order valence-electron chi connectivity index (χ0n) is 11.4. The van der Waals surface area contributed by atoms with Crippen LogP contribution in [0.2, 0.25) is 5.02 Å². The van der Waals surface area contributed by atoms with Crippen LogP contribution in [-0.2, 0) is 9.59 Å². The van der Waals surface area contributed by atoms with Crippen molar-refractivity contribution in [1.29, 1.82) is 0 Å². The van der Waals surface area contributed by atoms with E-state index in [-0.39, 0.29) is 10.7 Å². The molecule has 1 aliphatic heterocycles. The van der Waals surface area contributed by atoms with E-state index < -0.39 is 11.8 Å². The van der Waals surface area contributed by atoms with Crippen LogP contribution < -0.4 is 10.2 Å². The van der Waals surface area contributed by atoms with Gasteiger partial charge >= 0.3 is 0 Å². The molecule has 2 amide bonds. The van der Waals surface area contributed by atoms with Crippen molar-refractivity contribution in [2.24, 2.45) is 0 Å². The van der Waals surface area contributed by atoms with E-state index in [2.05, 4.69) is 21.2 Å². The number of rotatable bonds is 2. The standard InChI is InChI=1S/C15H8BrClN2O2S2/c16-8-5-11(23-7-8)6-12-13(20)18-15(22)19(14(12)21)10-3-1-9(17)2-4-10/h1-7H,(H,18,20,22)/b12-6+. The Balaban J connectivity index is 2.00. The summed E-state index contributed by atoms with van der Waals surface area (Å²) in [6.45, 7) is 0. The van der Waals surface area contributed by atoms with Crippen LogP contribution in [0.3, 0.4) is 0 Å². The maximum Gasteiger partial charge on any atom is 0.270 e. The first-order chi connectivity index (χ1) is 11.0. The highest BCUT2D eigenvalue weighted by Gasteiger charge is 2.34. The molecule has 2 aromatic rings. The Morgan fingerprint density at radius 1 is 1.26 bits per heavy atom. The molecule has 0 spiro atoms. The minimum Gasteiger partial charge on any atom is -0.298 e. The first-order valence-electron chi connectivity index (χ1n) is 6.37. The average molecular weight is 428 g/mol. The predicted octanol–water partition coefficient (Wildman–Crippen LogP) is 4.00. The smallest absolute Gasteiger partial charge is 0.270 e. The molecule has 0 atom stereocenters. The number of benzene rings is 1. The van der Waals surface area contributed by atoms with E-state index in [9.17, 15) is 9.59 Å². The second-order valence-corrected chi connectivity index (χ2v) is 7.28. The highest BCUT2D eigenvalue weighted by Crippen LogP contribution is 2.26. The number of halogens is 2. The van der Waals surface area contributed by atoms with Crippen LogP contribution in [0.1, 0.15) is 4.88 Å². The van der Waals surface area contributed by atoms with Crippen LogP contribution in [0.15, 0.2) is 45.8 Å². The summed E-state index contributed by atoms with van der Waals surface area (Å²) in [6, 6.07) is 8.48. The Kier molecular flexibility index (Phi) is 4.63. The van der Waals surface area contributed by atoms with E-state index in [0.717, 1.165) is 9.35 Å². The molecule has 3 rings (SSSR count). The van der Waals surface area contributed by atoms with Crippen molar-refractivity contribution in [2.45, 2.75) is 0 Å². The molecular formula is C15H8BrClN2O2S2. The molecule has 1 aliphatic rings. The number of carbonyl (C=O) groups excluding carboxylic acids is 2. The van der Waals surface area contributed by atoms with Crippen molar-refractivity contribution < 1.29 is 9.59 Å². The van der Waals surface area contributed by atoms with Crippen LogP contribution in [0.25, 0.3) is 6.08 Å². The number of hydrogen-bond acceptors (Lipinski definition) is 4. The van der Waals surface area contributed by atoms with Crippen molar-refractivity contribution in [3.8, 4) is 0 Å². The molecule has 8 heteroatoms. The maximum absolute atomic E-state index is 12.7. The summed E-state index contributed by atoms with van der Waals surface area (Å²) < 4.78 is 0.892. The molecule has 4 nitrogen and oxygen atoms in total. The highest BCUT2D eigenvalue weighted by molar-refractivity contribution is 9.10. The van der Waals surface area contributed by atoms with Gasteiger partial charge in [-0.25, -0.2) is 0 Å². The van der Waals surface area contributed by atoms with Gasteiger partial charge in [-0.2, -0.15) is 0 Å². The molecular weight excluding hydrogens is 420 g/mol. The van der Waals surface area contributed by atoms with Gasteiger partial charge in [0.1, 0.15) is 5.57 Å². The van der Waals surface area contributed by atoms with E-state index in [1.54, 1.807) is 30.3 Å². The van der Waals surface area contributed by atoms with Gasteiger partial charge in [0.2, 0.25) is 0 Å². The third-order valence-electron chi connectivity index (χ3n) is 3.06. The second kappa shape index (κ2) is 6.52. The Morgan fingerprint density at radius 2 is 1.96 bits per heavy atom. The number of nitrogens with zero attached hydrogens (tertiary/aromatic N) is 1. The SMILES string of the molecule is O=C1NC(=S)N(c2ccc(Cl)cc2)C(=O)/C1=C/c1cc(Br)cs1. The van der Waals surface area contributed by atoms with Gasteiger partial charge in [-0.05, 0) is 64.6 Å². The topological polar surface area (TPSA) is 49.4 Å². The number of amides is 2. The Labute approximate surface area is 154 Å². The van der Waals surface area contributed by atoms with Crippen LogP contribution in [0, 0.1) is 0 Å². The molecule has 0 unspecified atom stereocenters.